The highest BCUT2D eigenvalue weighted by molar-refractivity contribution is 8.13. The van der Waals surface area contributed by atoms with E-state index in [4.69, 9.17) is 23.2 Å². The van der Waals surface area contributed by atoms with Crippen LogP contribution < -0.4 is 4.90 Å². The van der Waals surface area contributed by atoms with Crippen molar-refractivity contribution in [2.24, 2.45) is 5.92 Å². The molecule has 1 atom stereocenters. The fourth-order valence-corrected chi connectivity index (χ4v) is 2.89. The van der Waals surface area contributed by atoms with Crippen molar-refractivity contribution in [3.8, 4) is 0 Å². The van der Waals surface area contributed by atoms with E-state index in [-0.39, 0.29) is 22.1 Å². The third-order valence-electron chi connectivity index (χ3n) is 2.82. The van der Waals surface area contributed by atoms with Crippen LogP contribution in [-0.2, 0) is 9.59 Å². The molecule has 1 amide bonds. The Morgan fingerprint density at radius 1 is 1.58 bits per heavy atom. The fourth-order valence-electron chi connectivity index (χ4n) is 1.94. The summed E-state index contributed by atoms with van der Waals surface area (Å²) >= 11 is 12.9. The smallest absolute Gasteiger partial charge is 0.227 e. The monoisotopic (exact) mass is 318 g/mol. The Morgan fingerprint density at radius 3 is 2.95 bits per heavy atom. The second-order valence-corrected chi connectivity index (χ2v) is 6.31. The SMILES string of the molecule is CC(=O)SCC1CC(=O)N(c2cnc(Cl)c(Cl)c2)C1. The summed E-state index contributed by atoms with van der Waals surface area (Å²) in [7, 11) is 0. The minimum Gasteiger partial charge on any atom is -0.311 e. The molecular weight excluding hydrogens is 307 g/mol. The summed E-state index contributed by atoms with van der Waals surface area (Å²) in [6, 6.07) is 1.63. The van der Waals surface area contributed by atoms with Gasteiger partial charge in [0, 0.05) is 25.6 Å². The van der Waals surface area contributed by atoms with E-state index in [1.54, 1.807) is 11.0 Å². The molecule has 2 heterocycles. The van der Waals surface area contributed by atoms with Crippen LogP contribution in [-0.4, -0.2) is 28.3 Å². The topological polar surface area (TPSA) is 50.3 Å². The molecule has 0 spiro atoms. The molecule has 1 aliphatic heterocycles. The van der Waals surface area contributed by atoms with Gasteiger partial charge < -0.3 is 4.90 Å². The zero-order valence-electron chi connectivity index (χ0n) is 10.2. The van der Waals surface area contributed by atoms with Gasteiger partial charge in [-0.15, -0.1) is 0 Å². The molecule has 0 saturated carbocycles. The quantitative estimate of drug-likeness (QED) is 0.804. The Hall–Kier alpha value is -0.780. The van der Waals surface area contributed by atoms with Crippen LogP contribution in [0.4, 0.5) is 5.69 Å². The van der Waals surface area contributed by atoms with Gasteiger partial charge in [-0.1, -0.05) is 35.0 Å². The molecule has 7 heteroatoms. The Morgan fingerprint density at radius 2 is 2.32 bits per heavy atom. The maximum absolute atomic E-state index is 12.0. The van der Waals surface area contributed by atoms with Crippen LogP contribution in [0.3, 0.4) is 0 Å². The maximum atomic E-state index is 12.0. The zero-order chi connectivity index (χ0) is 14.0. The van der Waals surface area contributed by atoms with Crippen LogP contribution in [0.1, 0.15) is 13.3 Å². The number of rotatable bonds is 3. The minimum atomic E-state index is 0.0225. The van der Waals surface area contributed by atoms with Crippen molar-refractivity contribution in [2.45, 2.75) is 13.3 Å². The first-order chi connectivity index (χ1) is 8.97. The first-order valence-electron chi connectivity index (χ1n) is 5.72. The lowest BCUT2D eigenvalue weighted by molar-refractivity contribution is -0.117. The number of hydrogen-bond acceptors (Lipinski definition) is 4. The molecule has 2 rings (SSSR count). The van der Waals surface area contributed by atoms with Gasteiger partial charge in [0.1, 0.15) is 5.15 Å². The molecule has 1 saturated heterocycles. The number of pyridine rings is 1. The van der Waals surface area contributed by atoms with Crippen molar-refractivity contribution < 1.29 is 9.59 Å². The van der Waals surface area contributed by atoms with Gasteiger partial charge in [-0.05, 0) is 12.0 Å². The summed E-state index contributed by atoms with van der Waals surface area (Å²) in [6.07, 6.45) is 1.98. The van der Waals surface area contributed by atoms with Crippen LogP contribution in [0.2, 0.25) is 10.2 Å². The highest BCUT2D eigenvalue weighted by Gasteiger charge is 2.31. The molecule has 4 nitrogen and oxygen atoms in total. The lowest BCUT2D eigenvalue weighted by Gasteiger charge is -2.16. The Balaban J connectivity index is 2.07. The van der Waals surface area contributed by atoms with Gasteiger partial charge in [0.25, 0.3) is 0 Å². The average molecular weight is 319 g/mol. The Labute approximate surface area is 125 Å². The van der Waals surface area contributed by atoms with E-state index in [1.165, 1.54) is 24.9 Å². The van der Waals surface area contributed by atoms with E-state index in [1.807, 2.05) is 0 Å². The summed E-state index contributed by atoms with van der Waals surface area (Å²) < 4.78 is 0. The van der Waals surface area contributed by atoms with Gasteiger partial charge in [0.15, 0.2) is 5.12 Å². The standard InChI is InChI=1S/C12H12Cl2N2O2S/c1-7(17)19-6-8-2-11(18)16(5-8)9-3-10(13)12(14)15-4-9/h3-4,8H,2,5-6H2,1H3. The summed E-state index contributed by atoms with van der Waals surface area (Å²) in [4.78, 5) is 28.5. The van der Waals surface area contributed by atoms with E-state index in [0.717, 1.165) is 0 Å². The van der Waals surface area contributed by atoms with Gasteiger partial charge in [0.05, 0.1) is 16.9 Å². The molecule has 19 heavy (non-hydrogen) atoms. The first kappa shape index (κ1) is 14.6. The number of carbonyl (C=O) groups excluding carboxylic acids is 2. The van der Waals surface area contributed by atoms with E-state index in [2.05, 4.69) is 4.98 Å². The maximum Gasteiger partial charge on any atom is 0.227 e. The molecule has 1 aromatic heterocycles. The van der Waals surface area contributed by atoms with Crippen molar-refractivity contribution in [1.82, 2.24) is 4.98 Å². The summed E-state index contributed by atoms with van der Waals surface area (Å²) in [5.74, 6) is 0.858. The average Bonchev–Trinajstić information content (AvgIpc) is 2.72. The van der Waals surface area contributed by atoms with Gasteiger partial charge in [-0.25, -0.2) is 4.98 Å². The van der Waals surface area contributed by atoms with E-state index in [9.17, 15) is 9.59 Å². The van der Waals surface area contributed by atoms with Crippen molar-refractivity contribution in [3.05, 3.63) is 22.4 Å². The third-order valence-corrected chi connectivity index (χ3v) is 4.55. The van der Waals surface area contributed by atoms with Crippen LogP contribution in [0.5, 0.6) is 0 Å². The van der Waals surface area contributed by atoms with Crippen molar-refractivity contribution in [1.29, 1.82) is 0 Å². The number of thioether (sulfide) groups is 1. The molecule has 1 aliphatic rings. The summed E-state index contributed by atoms with van der Waals surface area (Å²) in [5, 5.41) is 0.622. The second kappa shape index (κ2) is 6.11. The highest BCUT2D eigenvalue weighted by Crippen LogP contribution is 2.30. The van der Waals surface area contributed by atoms with Gasteiger partial charge in [-0.2, -0.15) is 0 Å². The number of halogens is 2. The Kier molecular flexibility index (Phi) is 4.71. The fraction of sp³-hybridized carbons (Fsp3) is 0.417. The number of hydrogen-bond donors (Lipinski definition) is 0. The zero-order valence-corrected chi connectivity index (χ0v) is 12.6. The molecule has 1 aromatic rings. The van der Waals surface area contributed by atoms with Crippen molar-refractivity contribution >= 4 is 51.7 Å². The molecule has 0 N–H and O–H groups in total. The van der Waals surface area contributed by atoms with Crippen molar-refractivity contribution in [3.63, 3.8) is 0 Å². The summed E-state index contributed by atoms with van der Waals surface area (Å²) in [6.45, 7) is 2.11. The molecule has 0 aromatic carbocycles. The van der Waals surface area contributed by atoms with Gasteiger partial charge in [-0.3, -0.25) is 9.59 Å². The van der Waals surface area contributed by atoms with Crippen LogP contribution in [0.15, 0.2) is 12.3 Å². The molecular formula is C12H12Cl2N2O2S. The lowest BCUT2D eigenvalue weighted by atomic mass is 10.1. The number of nitrogens with zero attached hydrogens (tertiary/aromatic N) is 2. The second-order valence-electron chi connectivity index (χ2n) is 4.34. The van der Waals surface area contributed by atoms with Gasteiger partial charge in [0.2, 0.25) is 5.91 Å². The number of anilines is 1. The summed E-state index contributed by atoms with van der Waals surface area (Å²) in [5.41, 5.74) is 0.648. The van der Waals surface area contributed by atoms with Crippen LogP contribution in [0.25, 0.3) is 0 Å². The Bertz CT molecular complexity index is 524. The molecule has 0 bridgehead atoms. The first-order valence-corrected chi connectivity index (χ1v) is 7.46. The number of carbonyl (C=O) groups is 2. The van der Waals surface area contributed by atoms with E-state index < -0.39 is 0 Å². The number of aromatic nitrogens is 1. The number of amides is 1. The van der Waals surface area contributed by atoms with Crippen LogP contribution in [0, 0.1) is 5.92 Å². The normalized spacial score (nSPS) is 19.0. The van der Waals surface area contributed by atoms with Crippen molar-refractivity contribution in [2.75, 3.05) is 17.2 Å². The predicted octanol–water partition coefficient (Wildman–Crippen LogP) is 3.02. The lowest BCUT2D eigenvalue weighted by Crippen LogP contribution is -2.24. The highest BCUT2D eigenvalue weighted by atomic mass is 35.5. The van der Waals surface area contributed by atoms with Crippen LogP contribution >= 0.6 is 35.0 Å². The van der Waals surface area contributed by atoms with Gasteiger partial charge >= 0.3 is 0 Å². The molecule has 0 aliphatic carbocycles. The van der Waals surface area contributed by atoms with E-state index >= 15 is 0 Å². The molecule has 1 unspecified atom stereocenters. The largest absolute Gasteiger partial charge is 0.311 e. The third kappa shape index (κ3) is 3.61. The predicted molar refractivity (Wildman–Crippen MR) is 77.9 cm³/mol. The van der Waals surface area contributed by atoms with E-state index in [0.29, 0.717) is 29.4 Å². The minimum absolute atomic E-state index is 0.0225. The molecule has 1 fully saturated rings. The molecule has 102 valence electrons. The molecule has 0 radical (unpaired) electrons.